The largest absolute Gasteiger partial charge is 0.382 e. The molecular weight excluding hydrogens is 670 g/mol. The van der Waals surface area contributed by atoms with Gasteiger partial charge in [0.25, 0.3) is 11.8 Å². The van der Waals surface area contributed by atoms with Crippen LogP contribution in [0.1, 0.15) is 80.6 Å². The predicted molar refractivity (Wildman–Crippen MR) is 185 cm³/mol. The lowest BCUT2D eigenvalue weighted by Crippen LogP contribution is -2.33. The molecular formula is C35H53N3O11S. The fraction of sp³-hybridized carbons (Fsp3) is 0.686. The maximum Gasteiger partial charge on any atom is 0.253 e. The van der Waals surface area contributed by atoms with Crippen LogP contribution in [-0.2, 0) is 52.6 Å². The van der Waals surface area contributed by atoms with Crippen molar-refractivity contribution >= 4 is 64.6 Å². The highest BCUT2D eigenvalue weighted by Crippen LogP contribution is 2.25. The Kier molecular flexibility index (Phi) is 19.8. The number of Topliss-reactive ketones (excluding diaryl/α,β-unsaturated/α-hetero) is 3. The number of ether oxygens (including phenoxy) is 2. The summed E-state index contributed by atoms with van der Waals surface area (Å²) in [6.45, 7) is 14.2. The summed E-state index contributed by atoms with van der Waals surface area (Å²) in [7, 11) is 1.59. The Balaban J connectivity index is 0.000000385. The van der Waals surface area contributed by atoms with Crippen molar-refractivity contribution in [1.82, 2.24) is 14.7 Å². The molecule has 0 radical (unpaired) electrons. The van der Waals surface area contributed by atoms with E-state index in [1.165, 1.54) is 33.7 Å². The van der Waals surface area contributed by atoms with E-state index in [1.54, 1.807) is 27.9 Å². The Bertz CT molecular complexity index is 1280. The van der Waals surface area contributed by atoms with Gasteiger partial charge < -0.3 is 9.47 Å². The fourth-order valence-electron chi connectivity index (χ4n) is 4.62. The van der Waals surface area contributed by atoms with Gasteiger partial charge in [0.2, 0.25) is 23.6 Å². The molecule has 3 heterocycles. The number of carbonyl (C=O) groups is 9. The molecule has 0 spiro atoms. The van der Waals surface area contributed by atoms with Crippen LogP contribution in [0.2, 0.25) is 0 Å². The van der Waals surface area contributed by atoms with Crippen LogP contribution in [-0.4, -0.2) is 119 Å². The molecule has 2 unspecified atom stereocenters. The van der Waals surface area contributed by atoms with Gasteiger partial charge in [0, 0.05) is 94.7 Å². The molecule has 15 heteroatoms. The summed E-state index contributed by atoms with van der Waals surface area (Å²) < 4.78 is 10.1. The summed E-state index contributed by atoms with van der Waals surface area (Å²) in [6, 6.07) is 0. The number of methoxy groups -OCH3 is 1. The zero-order valence-electron chi connectivity index (χ0n) is 30.6. The molecule has 0 aromatic carbocycles. The van der Waals surface area contributed by atoms with Gasteiger partial charge in [0.05, 0.1) is 24.4 Å². The van der Waals surface area contributed by atoms with E-state index in [4.69, 9.17) is 9.47 Å². The third kappa shape index (κ3) is 14.7. The van der Waals surface area contributed by atoms with Crippen LogP contribution in [0.15, 0.2) is 12.2 Å². The van der Waals surface area contributed by atoms with Crippen molar-refractivity contribution in [3.63, 3.8) is 0 Å². The van der Waals surface area contributed by atoms with Crippen LogP contribution in [0, 0.1) is 23.7 Å². The van der Waals surface area contributed by atoms with Crippen molar-refractivity contribution in [3.8, 4) is 0 Å². The molecule has 3 aliphatic heterocycles. The standard InChI is InChI=1S/C14H23NO5S.C11H17NO3.C10H13NO3/c1-10(2)11(16)4-5-15-13(17)8-12(14(15)18)21-9-20-7-6-19-3;1-7(2)9(13)4-5-12-10(14)6-8(3)11(12)15;1-7(2)8(12)5-6-11-9(13)3-4-10(11)14/h10,12H,4-9H2,1-3H3;7-8H,4-6H2,1-3H3;3-4,7H,5-6H2,1-2H3. The molecule has 0 aromatic heterocycles. The Labute approximate surface area is 299 Å². The lowest BCUT2D eigenvalue weighted by Gasteiger charge is -2.15. The van der Waals surface area contributed by atoms with Crippen LogP contribution in [0.5, 0.6) is 0 Å². The number of amides is 6. The number of ketones is 3. The first-order chi connectivity index (χ1) is 23.4. The first kappa shape index (κ1) is 44.5. The molecule has 0 N–H and O–H groups in total. The maximum atomic E-state index is 12.1. The first-order valence-corrected chi connectivity index (χ1v) is 18.0. The van der Waals surface area contributed by atoms with E-state index in [0.29, 0.717) is 19.2 Å². The van der Waals surface area contributed by atoms with E-state index in [0.717, 1.165) is 4.90 Å². The SMILES string of the molecule is CC(C)C(=O)CCN1C(=O)C=CC1=O.CC(C)C(=O)CCN1C(=O)CC(C)C1=O.COCCOCSC1CC(=O)N(CCC(=O)C(C)C)C1=O. The van der Waals surface area contributed by atoms with Crippen molar-refractivity contribution in [2.45, 2.75) is 85.8 Å². The molecule has 2 saturated heterocycles. The molecule has 0 saturated carbocycles. The highest BCUT2D eigenvalue weighted by Gasteiger charge is 2.39. The summed E-state index contributed by atoms with van der Waals surface area (Å²) in [4.78, 5) is 107. The molecule has 0 aliphatic carbocycles. The highest BCUT2D eigenvalue weighted by molar-refractivity contribution is 8.00. The smallest absolute Gasteiger partial charge is 0.253 e. The van der Waals surface area contributed by atoms with E-state index in [-0.39, 0.29) is 128 Å². The van der Waals surface area contributed by atoms with Crippen molar-refractivity contribution in [2.75, 3.05) is 45.9 Å². The van der Waals surface area contributed by atoms with Gasteiger partial charge in [-0.3, -0.25) is 57.9 Å². The summed E-state index contributed by atoms with van der Waals surface area (Å²) in [5.74, 6) is -1.15. The Morgan fingerprint density at radius 2 is 1.10 bits per heavy atom. The second-order valence-electron chi connectivity index (χ2n) is 13.0. The normalized spacial score (nSPS) is 18.8. The van der Waals surface area contributed by atoms with Crippen LogP contribution in [0.25, 0.3) is 0 Å². The molecule has 2 atom stereocenters. The zero-order chi connectivity index (χ0) is 38.1. The predicted octanol–water partition coefficient (Wildman–Crippen LogP) is 2.61. The van der Waals surface area contributed by atoms with E-state index in [9.17, 15) is 43.2 Å². The number of nitrogens with zero attached hydrogens (tertiary/aromatic N) is 3. The van der Waals surface area contributed by atoms with Gasteiger partial charge in [-0.05, 0) is 0 Å². The van der Waals surface area contributed by atoms with Crippen LogP contribution in [0.4, 0.5) is 0 Å². The Morgan fingerprint density at radius 1 is 0.680 bits per heavy atom. The minimum absolute atomic E-state index is 0.0322. The second kappa shape index (κ2) is 22.3. The molecule has 6 amide bonds. The van der Waals surface area contributed by atoms with Gasteiger partial charge in [-0.1, -0.05) is 48.5 Å². The van der Waals surface area contributed by atoms with Crippen LogP contribution >= 0.6 is 11.8 Å². The molecule has 0 bridgehead atoms. The van der Waals surface area contributed by atoms with Crippen molar-refractivity contribution in [2.24, 2.45) is 23.7 Å². The van der Waals surface area contributed by atoms with Gasteiger partial charge in [0.15, 0.2) is 0 Å². The Hall–Kier alpha value is -3.56. The third-order valence-electron chi connectivity index (χ3n) is 8.03. The number of rotatable bonds is 18. The quantitative estimate of drug-likeness (QED) is 0.115. The number of carbonyl (C=O) groups excluding carboxylic acids is 9. The summed E-state index contributed by atoms with van der Waals surface area (Å²) >= 11 is 1.32. The van der Waals surface area contributed by atoms with Gasteiger partial charge >= 0.3 is 0 Å². The maximum absolute atomic E-state index is 12.1. The van der Waals surface area contributed by atoms with E-state index >= 15 is 0 Å². The average molecular weight is 724 g/mol. The number of likely N-dealkylation sites (tertiary alicyclic amines) is 2. The minimum atomic E-state index is -0.394. The molecule has 280 valence electrons. The first-order valence-electron chi connectivity index (χ1n) is 16.9. The summed E-state index contributed by atoms with van der Waals surface area (Å²) in [5.41, 5.74) is 0. The average Bonchev–Trinajstić information content (AvgIpc) is 3.62. The van der Waals surface area contributed by atoms with Crippen LogP contribution < -0.4 is 0 Å². The van der Waals surface area contributed by atoms with Crippen molar-refractivity contribution < 1.29 is 52.6 Å². The van der Waals surface area contributed by atoms with E-state index in [2.05, 4.69) is 0 Å². The lowest BCUT2D eigenvalue weighted by atomic mass is 10.1. The third-order valence-corrected chi connectivity index (χ3v) is 9.11. The molecule has 50 heavy (non-hydrogen) atoms. The molecule has 3 aliphatic rings. The molecule has 0 aromatic rings. The van der Waals surface area contributed by atoms with Gasteiger partial charge in [-0.25, -0.2) is 0 Å². The summed E-state index contributed by atoms with van der Waals surface area (Å²) in [6.07, 6.45) is 3.68. The number of hydrogen-bond acceptors (Lipinski definition) is 12. The Morgan fingerprint density at radius 3 is 1.50 bits per heavy atom. The van der Waals surface area contributed by atoms with Crippen molar-refractivity contribution in [1.29, 1.82) is 0 Å². The fourth-order valence-corrected chi connectivity index (χ4v) is 5.52. The number of hydrogen-bond donors (Lipinski definition) is 0. The zero-order valence-corrected chi connectivity index (χ0v) is 31.4. The minimum Gasteiger partial charge on any atom is -0.382 e. The highest BCUT2D eigenvalue weighted by atomic mass is 32.2. The van der Waals surface area contributed by atoms with E-state index < -0.39 is 5.25 Å². The van der Waals surface area contributed by atoms with E-state index in [1.807, 2.05) is 27.7 Å². The molecule has 14 nitrogen and oxygen atoms in total. The van der Waals surface area contributed by atoms with Crippen LogP contribution in [0.3, 0.4) is 0 Å². The topological polar surface area (TPSA) is 182 Å². The number of imide groups is 3. The second-order valence-corrected chi connectivity index (χ2v) is 14.2. The van der Waals surface area contributed by atoms with Gasteiger partial charge in [-0.15, -0.1) is 11.8 Å². The summed E-state index contributed by atoms with van der Waals surface area (Å²) in [5, 5.41) is -0.394. The number of thioether (sulfide) groups is 1. The molecule has 2 fully saturated rings. The lowest BCUT2D eigenvalue weighted by molar-refractivity contribution is -0.141. The molecule has 3 rings (SSSR count). The van der Waals surface area contributed by atoms with Gasteiger partial charge in [-0.2, -0.15) is 0 Å². The van der Waals surface area contributed by atoms with Crippen molar-refractivity contribution in [3.05, 3.63) is 12.2 Å². The van der Waals surface area contributed by atoms with Gasteiger partial charge in [0.1, 0.15) is 17.3 Å². The monoisotopic (exact) mass is 723 g/mol.